The van der Waals surface area contributed by atoms with Gasteiger partial charge in [0.25, 0.3) is 0 Å². The molecular weight excluding hydrogens is 278 g/mol. The van der Waals surface area contributed by atoms with Crippen LogP contribution in [0.5, 0.6) is 0 Å². The maximum absolute atomic E-state index is 4.90. The third-order valence-electron chi connectivity index (χ3n) is 4.43. The van der Waals surface area contributed by atoms with Gasteiger partial charge in [0.2, 0.25) is 0 Å². The lowest BCUT2D eigenvalue weighted by Crippen LogP contribution is -1.90. The molecule has 0 aliphatic rings. The first kappa shape index (κ1) is 14.0. The van der Waals surface area contributed by atoms with Crippen molar-refractivity contribution in [1.29, 1.82) is 0 Å². The molecule has 1 nitrogen and oxygen atoms in total. The molecule has 0 aliphatic heterocycles. The topological polar surface area (TPSA) is 12.9 Å². The second-order valence-electron chi connectivity index (χ2n) is 6.39. The molecule has 23 heavy (non-hydrogen) atoms. The fourth-order valence-corrected chi connectivity index (χ4v) is 3.20. The second-order valence-corrected chi connectivity index (χ2v) is 6.39. The molecule has 4 rings (SSSR count). The lowest BCUT2D eigenvalue weighted by molar-refractivity contribution is 1.42. The molecule has 4 aromatic rings. The van der Waals surface area contributed by atoms with Crippen LogP contribution < -0.4 is 0 Å². The zero-order chi connectivity index (χ0) is 16.0. The Morgan fingerprint density at radius 2 is 1.04 bits per heavy atom. The van der Waals surface area contributed by atoms with Gasteiger partial charge in [-0.15, -0.1) is 0 Å². The summed E-state index contributed by atoms with van der Waals surface area (Å²) in [6, 6.07) is 21.9. The lowest BCUT2D eigenvalue weighted by atomic mass is 9.94. The predicted molar refractivity (Wildman–Crippen MR) is 98.9 cm³/mol. The van der Waals surface area contributed by atoms with Gasteiger partial charge < -0.3 is 0 Å². The van der Waals surface area contributed by atoms with Crippen LogP contribution in [-0.4, -0.2) is 4.98 Å². The van der Waals surface area contributed by atoms with Gasteiger partial charge in [-0.1, -0.05) is 54.1 Å². The van der Waals surface area contributed by atoms with Crippen molar-refractivity contribution in [3.63, 3.8) is 0 Å². The molecule has 0 fully saturated rings. The molecule has 0 saturated carbocycles. The number of aromatic nitrogens is 1. The van der Waals surface area contributed by atoms with Crippen molar-refractivity contribution in [1.82, 2.24) is 4.98 Å². The van der Waals surface area contributed by atoms with Crippen LogP contribution in [0.15, 0.2) is 60.7 Å². The van der Waals surface area contributed by atoms with Crippen molar-refractivity contribution in [2.75, 3.05) is 0 Å². The first-order valence-corrected chi connectivity index (χ1v) is 7.99. The molecule has 112 valence electrons. The van der Waals surface area contributed by atoms with Crippen molar-refractivity contribution in [3.8, 4) is 11.1 Å². The maximum atomic E-state index is 4.90. The van der Waals surface area contributed by atoms with Crippen LogP contribution in [0.1, 0.15) is 16.7 Å². The van der Waals surface area contributed by atoms with Gasteiger partial charge in [-0.05, 0) is 49.6 Å². The van der Waals surface area contributed by atoms with Crippen molar-refractivity contribution in [3.05, 3.63) is 77.4 Å². The number of hydrogen-bond donors (Lipinski definition) is 0. The Morgan fingerprint density at radius 1 is 0.565 bits per heavy atom. The first-order valence-electron chi connectivity index (χ1n) is 7.99. The molecular formula is C22H19N. The molecule has 0 bridgehead atoms. The van der Waals surface area contributed by atoms with Crippen LogP contribution in [0.25, 0.3) is 32.9 Å². The van der Waals surface area contributed by atoms with Crippen molar-refractivity contribution in [2.45, 2.75) is 20.8 Å². The summed E-state index contributed by atoms with van der Waals surface area (Å²) in [5, 5.41) is 2.44. The monoisotopic (exact) mass is 297 g/mol. The normalized spacial score (nSPS) is 11.3. The standard InChI is InChI=1S/C22H19N/c1-14-4-8-17(9-5-14)22-18-10-6-15(2)12-20(18)23-21-13-16(3)7-11-19(21)22/h4-13H,1-3H3. The summed E-state index contributed by atoms with van der Waals surface area (Å²) in [5.41, 5.74) is 8.44. The van der Waals surface area contributed by atoms with E-state index in [-0.39, 0.29) is 0 Å². The number of fused-ring (bicyclic) bond motifs is 2. The highest BCUT2D eigenvalue weighted by Gasteiger charge is 2.11. The summed E-state index contributed by atoms with van der Waals surface area (Å²) in [4.78, 5) is 4.90. The Bertz CT molecular complexity index is 967. The average Bonchev–Trinajstić information content (AvgIpc) is 2.53. The minimum Gasteiger partial charge on any atom is -0.248 e. The van der Waals surface area contributed by atoms with Crippen molar-refractivity contribution < 1.29 is 0 Å². The number of benzene rings is 3. The van der Waals surface area contributed by atoms with Crippen LogP contribution in [0.4, 0.5) is 0 Å². The van der Waals surface area contributed by atoms with E-state index < -0.39 is 0 Å². The summed E-state index contributed by atoms with van der Waals surface area (Å²) in [6.07, 6.45) is 0. The number of rotatable bonds is 1. The van der Waals surface area contributed by atoms with Gasteiger partial charge in [-0.3, -0.25) is 0 Å². The summed E-state index contributed by atoms with van der Waals surface area (Å²) < 4.78 is 0. The van der Waals surface area contributed by atoms with Gasteiger partial charge in [0, 0.05) is 16.3 Å². The third kappa shape index (κ3) is 2.39. The van der Waals surface area contributed by atoms with Crippen LogP contribution >= 0.6 is 0 Å². The zero-order valence-corrected chi connectivity index (χ0v) is 13.7. The van der Waals surface area contributed by atoms with Crippen LogP contribution in [0.3, 0.4) is 0 Å². The van der Waals surface area contributed by atoms with Gasteiger partial charge in [-0.2, -0.15) is 0 Å². The van der Waals surface area contributed by atoms with E-state index in [0.29, 0.717) is 0 Å². The third-order valence-corrected chi connectivity index (χ3v) is 4.43. The minimum atomic E-state index is 1.07. The van der Waals surface area contributed by atoms with E-state index in [4.69, 9.17) is 4.98 Å². The summed E-state index contributed by atoms with van der Waals surface area (Å²) >= 11 is 0. The van der Waals surface area contributed by atoms with E-state index in [1.54, 1.807) is 0 Å². The molecule has 0 N–H and O–H groups in total. The number of aryl methyl sites for hydroxylation is 3. The molecule has 1 heterocycles. The molecule has 0 amide bonds. The highest BCUT2D eigenvalue weighted by molar-refractivity contribution is 6.09. The molecule has 0 saturated heterocycles. The van der Waals surface area contributed by atoms with E-state index in [1.807, 2.05) is 0 Å². The van der Waals surface area contributed by atoms with E-state index in [9.17, 15) is 0 Å². The molecule has 0 atom stereocenters. The fourth-order valence-electron chi connectivity index (χ4n) is 3.20. The van der Waals surface area contributed by atoms with E-state index >= 15 is 0 Å². The summed E-state index contributed by atoms with van der Waals surface area (Å²) in [5.74, 6) is 0. The maximum Gasteiger partial charge on any atom is 0.0718 e. The predicted octanol–water partition coefficient (Wildman–Crippen LogP) is 5.98. The van der Waals surface area contributed by atoms with E-state index in [1.165, 1.54) is 38.6 Å². The largest absolute Gasteiger partial charge is 0.248 e. The smallest absolute Gasteiger partial charge is 0.0718 e. The van der Waals surface area contributed by atoms with Gasteiger partial charge in [0.15, 0.2) is 0 Å². The summed E-state index contributed by atoms with van der Waals surface area (Å²) in [7, 11) is 0. The number of pyridine rings is 1. The quantitative estimate of drug-likeness (QED) is 0.394. The van der Waals surface area contributed by atoms with E-state index in [2.05, 4.69) is 81.4 Å². The second kappa shape index (κ2) is 5.20. The van der Waals surface area contributed by atoms with Crippen molar-refractivity contribution >= 4 is 21.8 Å². The van der Waals surface area contributed by atoms with Crippen LogP contribution in [0, 0.1) is 20.8 Å². The Balaban J connectivity index is 2.18. The molecule has 1 heteroatoms. The fraction of sp³-hybridized carbons (Fsp3) is 0.136. The van der Waals surface area contributed by atoms with Crippen LogP contribution in [0.2, 0.25) is 0 Å². The highest BCUT2D eigenvalue weighted by Crippen LogP contribution is 2.35. The zero-order valence-electron chi connectivity index (χ0n) is 13.7. The van der Waals surface area contributed by atoms with Crippen molar-refractivity contribution in [2.24, 2.45) is 0 Å². The highest BCUT2D eigenvalue weighted by atomic mass is 14.7. The Labute approximate surface area is 136 Å². The molecule has 3 aromatic carbocycles. The lowest BCUT2D eigenvalue weighted by Gasteiger charge is -2.12. The molecule has 1 aromatic heterocycles. The van der Waals surface area contributed by atoms with Gasteiger partial charge in [0.1, 0.15) is 0 Å². The molecule has 0 radical (unpaired) electrons. The number of hydrogen-bond acceptors (Lipinski definition) is 1. The Kier molecular flexibility index (Phi) is 3.16. The molecule has 0 aliphatic carbocycles. The van der Waals surface area contributed by atoms with Gasteiger partial charge in [-0.25, -0.2) is 4.98 Å². The number of nitrogens with zero attached hydrogens (tertiary/aromatic N) is 1. The Hall–Kier alpha value is -2.67. The van der Waals surface area contributed by atoms with Gasteiger partial charge >= 0.3 is 0 Å². The summed E-state index contributed by atoms with van der Waals surface area (Å²) in [6.45, 7) is 6.36. The van der Waals surface area contributed by atoms with Gasteiger partial charge in [0.05, 0.1) is 11.0 Å². The molecule has 0 unspecified atom stereocenters. The minimum absolute atomic E-state index is 1.07. The van der Waals surface area contributed by atoms with Crippen LogP contribution in [-0.2, 0) is 0 Å². The first-order chi connectivity index (χ1) is 11.1. The SMILES string of the molecule is Cc1ccc(-c2c3ccc(C)cc3nc3cc(C)ccc23)cc1. The van der Waals surface area contributed by atoms with E-state index in [0.717, 1.165) is 11.0 Å². The Morgan fingerprint density at radius 3 is 1.57 bits per heavy atom. The average molecular weight is 297 g/mol. The molecule has 0 spiro atoms.